The molecule has 0 aromatic carbocycles. The molecule has 1 aliphatic rings. The van der Waals surface area contributed by atoms with Gasteiger partial charge in [-0.3, -0.25) is 0 Å². The molecule has 1 fully saturated rings. The highest BCUT2D eigenvalue weighted by Crippen LogP contribution is 2.28. The minimum absolute atomic E-state index is 0.242. The highest BCUT2D eigenvalue weighted by molar-refractivity contribution is 7.13. The molecule has 102 valence electrons. The fraction of sp³-hybridized carbons (Fsp3) is 0.533. The van der Waals surface area contributed by atoms with Crippen LogP contribution in [0.1, 0.15) is 32.1 Å². The first-order valence-corrected chi connectivity index (χ1v) is 7.95. The Balaban J connectivity index is 1.71. The number of hydrogen-bond acceptors (Lipinski definition) is 3. The normalized spacial score (nSPS) is 18.6. The average Bonchev–Trinajstić information content (AvgIpc) is 3.10. The second kappa shape index (κ2) is 5.88. The molecule has 2 aromatic heterocycles. The van der Waals surface area contributed by atoms with Gasteiger partial charge in [0.25, 0.3) is 0 Å². The summed E-state index contributed by atoms with van der Waals surface area (Å²) in [6, 6.07) is 4.12. The largest absolute Gasteiger partial charge is 0.391 e. The number of aliphatic hydroxyl groups excluding tert-OH is 1. The summed E-state index contributed by atoms with van der Waals surface area (Å²) >= 11 is 1.69. The summed E-state index contributed by atoms with van der Waals surface area (Å²) in [6.45, 7) is 0.665. The van der Waals surface area contributed by atoms with Crippen LogP contribution in [0.5, 0.6) is 0 Å². The van der Waals surface area contributed by atoms with Crippen LogP contribution in [0.25, 0.3) is 10.7 Å². The summed E-state index contributed by atoms with van der Waals surface area (Å²) in [4.78, 5) is 5.59. The van der Waals surface area contributed by atoms with E-state index in [1.165, 1.54) is 37.0 Å². The molecule has 0 amide bonds. The molecule has 1 atom stereocenters. The van der Waals surface area contributed by atoms with Crippen molar-refractivity contribution >= 4 is 11.3 Å². The number of aliphatic hydroxyl groups is 1. The second-order valence-electron chi connectivity index (χ2n) is 5.35. The molecule has 1 unspecified atom stereocenters. The van der Waals surface area contributed by atoms with E-state index in [0.29, 0.717) is 12.5 Å². The van der Waals surface area contributed by atoms with Crippen LogP contribution in [0.3, 0.4) is 0 Å². The van der Waals surface area contributed by atoms with Gasteiger partial charge in [-0.1, -0.05) is 25.3 Å². The zero-order valence-corrected chi connectivity index (χ0v) is 11.9. The molecule has 3 nitrogen and oxygen atoms in total. The Bertz CT molecular complexity index is 500. The van der Waals surface area contributed by atoms with Crippen molar-refractivity contribution in [3.8, 4) is 10.7 Å². The molecule has 4 heteroatoms. The molecule has 3 rings (SSSR count). The lowest BCUT2D eigenvalue weighted by atomic mass is 9.85. The van der Waals surface area contributed by atoms with Crippen LogP contribution in [0.2, 0.25) is 0 Å². The van der Waals surface area contributed by atoms with Crippen LogP contribution >= 0.6 is 11.3 Å². The first-order valence-electron chi connectivity index (χ1n) is 7.07. The highest BCUT2D eigenvalue weighted by Gasteiger charge is 2.22. The molecule has 1 N–H and O–H groups in total. The monoisotopic (exact) mass is 276 g/mol. The molecule has 2 heterocycles. The van der Waals surface area contributed by atoms with Gasteiger partial charge in [0.05, 0.1) is 17.5 Å². The summed E-state index contributed by atoms with van der Waals surface area (Å²) in [6.07, 6.45) is 9.76. The van der Waals surface area contributed by atoms with E-state index in [0.717, 1.165) is 5.82 Å². The molecule has 0 radical (unpaired) electrons. The fourth-order valence-electron chi connectivity index (χ4n) is 2.96. The van der Waals surface area contributed by atoms with E-state index in [4.69, 9.17) is 0 Å². The van der Waals surface area contributed by atoms with Crippen LogP contribution in [0.4, 0.5) is 0 Å². The minimum Gasteiger partial charge on any atom is -0.391 e. The second-order valence-corrected chi connectivity index (χ2v) is 6.29. The Hall–Kier alpha value is -1.13. The van der Waals surface area contributed by atoms with E-state index in [2.05, 4.69) is 21.0 Å². The molecule has 0 bridgehead atoms. The Kier molecular flexibility index (Phi) is 3.99. The summed E-state index contributed by atoms with van der Waals surface area (Å²) < 4.78 is 2.09. The third-order valence-electron chi connectivity index (χ3n) is 4.03. The molecule has 0 spiro atoms. The quantitative estimate of drug-likeness (QED) is 0.927. The predicted molar refractivity (Wildman–Crippen MR) is 78.1 cm³/mol. The predicted octanol–water partition coefficient (Wildman–Crippen LogP) is 3.55. The summed E-state index contributed by atoms with van der Waals surface area (Å²) in [5, 5.41) is 12.5. The molecule has 0 aliphatic heterocycles. The van der Waals surface area contributed by atoms with E-state index in [-0.39, 0.29) is 6.10 Å². The van der Waals surface area contributed by atoms with Crippen molar-refractivity contribution in [2.24, 2.45) is 5.92 Å². The third-order valence-corrected chi connectivity index (χ3v) is 4.90. The molecule has 19 heavy (non-hydrogen) atoms. The van der Waals surface area contributed by atoms with Gasteiger partial charge in [0, 0.05) is 12.4 Å². The van der Waals surface area contributed by atoms with Gasteiger partial charge in [-0.05, 0) is 30.2 Å². The lowest BCUT2D eigenvalue weighted by Gasteiger charge is -2.27. The third kappa shape index (κ3) is 2.90. The summed E-state index contributed by atoms with van der Waals surface area (Å²) in [7, 11) is 0. The van der Waals surface area contributed by atoms with Gasteiger partial charge in [-0.2, -0.15) is 0 Å². The van der Waals surface area contributed by atoms with Crippen molar-refractivity contribution in [2.75, 3.05) is 0 Å². The first-order chi connectivity index (χ1) is 9.34. The molecular weight excluding hydrogens is 256 g/mol. The molecular formula is C15H20N2OS. The first kappa shape index (κ1) is 12.9. The maximum atomic E-state index is 10.4. The smallest absolute Gasteiger partial charge is 0.150 e. The van der Waals surface area contributed by atoms with Gasteiger partial charge in [-0.25, -0.2) is 4.98 Å². The topological polar surface area (TPSA) is 38.0 Å². The Morgan fingerprint density at radius 1 is 1.37 bits per heavy atom. The molecule has 0 saturated heterocycles. The van der Waals surface area contributed by atoms with Gasteiger partial charge in [0.2, 0.25) is 0 Å². The van der Waals surface area contributed by atoms with E-state index in [1.807, 2.05) is 18.5 Å². The maximum absolute atomic E-state index is 10.4. The fourth-order valence-corrected chi connectivity index (χ4v) is 3.69. The lowest BCUT2D eigenvalue weighted by Crippen LogP contribution is -2.27. The Morgan fingerprint density at radius 2 is 2.21 bits per heavy atom. The summed E-state index contributed by atoms with van der Waals surface area (Å²) in [5.41, 5.74) is 0. The number of imidazole rings is 1. The van der Waals surface area contributed by atoms with Crippen molar-refractivity contribution in [3.63, 3.8) is 0 Å². The van der Waals surface area contributed by atoms with Gasteiger partial charge in [0.15, 0.2) is 0 Å². The number of rotatable bonds is 4. The zero-order valence-electron chi connectivity index (χ0n) is 11.0. The number of thiophene rings is 1. The van der Waals surface area contributed by atoms with Crippen molar-refractivity contribution in [1.29, 1.82) is 0 Å². The van der Waals surface area contributed by atoms with Crippen LogP contribution in [0.15, 0.2) is 29.9 Å². The van der Waals surface area contributed by atoms with E-state index in [1.54, 1.807) is 11.3 Å². The lowest BCUT2D eigenvalue weighted by molar-refractivity contribution is 0.0700. The van der Waals surface area contributed by atoms with Crippen LogP contribution in [-0.2, 0) is 6.54 Å². The molecule has 2 aromatic rings. The van der Waals surface area contributed by atoms with Crippen molar-refractivity contribution < 1.29 is 5.11 Å². The van der Waals surface area contributed by atoms with Crippen molar-refractivity contribution in [3.05, 3.63) is 29.9 Å². The van der Waals surface area contributed by atoms with Gasteiger partial charge in [-0.15, -0.1) is 11.3 Å². The van der Waals surface area contributed by atoms with E-state index < -0.39 is 0 Å². The van der Waals surface area contributed by atoms with Gasteiger partial charge in [0.1, 0.15) is 5.82 Å². The van der Waals surface area contributed by atoms with E-state index in [9.17, 15) is 5.11 Å². The number of hydrogen-bond donors (Lipinski definition) is 1. The van der Waals surface area contributed by atoms with Gasteiger partial charge >= 0.3 is 0 Å². The molecule has 1 aliphatic carbocycles. The molecule has 1 saturated carbocycles. The van der Waals surface area contributed by atoms with Crippen molar-refractivity contribution in [2.45, 2.75) is 44.8 Å². The minimum atomic E-state index is -0.242. The Morgan fingerprint density at radius 3 is 2.95 bits per heavy atom. The number of aromatic nitrogens is 2. The van der Waals surface area contributed by atoms with Crippen molar-refractivity contribution in [1.82, 2.24) is 9.55 Å². The standard InChI is InChI=1S/C15H20N2OS/c18-13(12-5-2-1-3-6-12)11-17-9-8-16-15(17)14-7-4-10-19-14/h4,7-10,12-13,18H,1-3,5-6,11H2. The van der Waals surface area contributed by atoms with Crippen LogP contribution < -0.4 is 0 Å². The van der Waals surface area contributed by atoms with Crippen LogP contribution in [0, 0.1) is 5.92 Å². The average molecular weight is 276 g/mol. The number of nitrogens with zero attached hydrogens (tertiary/aromatic N) is 2. The SMILES string of the molecule is OC(Cn1ccnc1-c1cccs1)C1CCCCC1. The van der Waals surface area contributed by atoms with Gasteiger partial charge < -0.3 is 9.67 Å². The maximum Gasteiger partial charge on any atom is 0.150 e. The highest BCUT2D eigenvalue weighted by atomic mass is 32.1. The Labute approximate surface area is 117 Å². The zero-order chi connectivity index (χ0) is 13.1. The van der Waals surface area contributed by atoms with Crippen LogP contribution in [-0.4, -0.2) is 20.8 Å². The van der Waals surface area contributed by atoms with E-state index >= 15 is 0 Å². The summed E-state index contributed by atoms with van der Waals surface area (Å²) in [5.74, 6) is 1.44.